The number of halogens is 1. The van der Waals surface area contributed by atoms with Crippen LogP contribution >= 0.6 is 11.6 Å². The van der Waals surface area contributed by atoms with Gasteiger partial charge in [0.2, 0.25) is 0 Å². The number of nitrogens with zero attached hydrogens (tertiary/aromatic N) is 3. The number of amides is 1. The van der Waals surface area contributed by atoms with Crippen LogP contribution in [-0.4, -0.2) is 47.0 Å². The van der Waals surface area contributed by atoms with Crippen LogP contribution in [0.15, 0.2) is 71.9 Å². The zero-order valence-electron chi connectivity index (χ0n) is 17.7. The Balaban J connectivity index is 1.48. The standard InChI is InChI=1S/C25H23ClN4O2/c1-2-30-14-13-27-24(30)18-9-7-17(8-10-18)22(31)15-19-5-3-4-6-21(19)25(32)29-23-12-11-20(26)16-28-23/h3-12,16H,2,13-15H2,1H3,(H,28,29,32). The quantitative estimate of drug-likeness (QED) is 0.542. The molecule has 0 radical (unpaired) electrons. The Kier molecular flexibility index (Phi) is 6.61. The van der Waals surface area contributed by atoms with Gasteiger partial charge in [0, 0.05) is 42.4 Å². The molecule has 1 aliphatic heterocycles. The van der Waals surface area contributed by atoms with E-state index in [-0.39, 0.29) is 18.1 Å². The van der Waals surface area contributed by atoms with Gasteiger partial charge >= 0.3 is 0 Å². The topological polar surface area (TPSA) is 74.7 Å². The van der Waals surface area contributed by atoms with Gasteiger partial charge in [0.05, 0.1) is 11.6 Å². The van der Waals surface area contributed by atoms with Gasteiger partial charge in [0.15, 0.2) is 5.78 Å². The predicted octanol–water partition coefficient (Wildman–Crippen LogP) is 4.49. The molecule has 7 heteroatoms. The number of pyridine rings is 1. The molecule has 0 saturated heterocycles. The van der Waals surface area contributed by atoms with E-state index >= 15 is 0 Å². The third kappa shape index (κ3) is 4.86. The van der Waals surface area contributed by atoms with E-state index in [0.29, 0.717) is 27.5 Å². The Morgan fingerprint density at radius 2 is 1.84 bits per heavy atom. The lowest BCUT2D eigenvalue weighted by Gasteiger charge is -2.18. The average Bonchev–Trinajstić information content (AvgIpc) is 3.30. The number of hydrogen-bond donors (Lipinski definition) is 1. The van der Waals surface area contributed by atoms with Crippen molar-refractivity contribution in [3.63, 3.8) is 0 Å². The second kappa shape index (κ2) is 9.75. The number of rotatable bonds is 7. The summed E-state index contributed by atoms with van der Waals surface area (Å²) in [5.74, 6) is 0.996. The number of benzene rings is 2. The van der Waals surface area contributed by atoms with Gasteiger partial charge in [0.1, 0.15) is 11.7 Å². The molecule has 2 heterocycles. The molecule has 2 aromatic carbocycles. The maximum Gasteiger partial charge on any atom is 0.257 e. The smallest absolute Gasteiger partial charge is 0.257 e. The maximum atomic E-state index is 12.9. The summed E-state index contributed by atoms with van der Waals surface area (Å²) in [4.78, 5) is 36.6. The average molecular weight is 447 g/mol. The summed E-state index contributed by atoms with van der Waals surface area (Å²) >= 11 is 5.85. The first-order chi connectivity index (χ1) is 15.5. The summed E-state index contributed by atoms with van der Waals surface area (Å²) in [6.45, 7) is 4.74. The molecule has 0 atom stereocenters. The first kappa shape index (κ1) is 21.7. The molecule has 162 valence electrons. The number of aromatic nitrogens is 1. The molecule has 0 saturated carbocycles. The Morgan fingerprint density at radius 3 is 2.56 bits per heavy atom. The van der Waals surface area contributed by atoms with Crippen molar-refractivity contribution < 1.29 is 9.59 Å². The predicted molar refractivity (Wildman–Crippen MR) is 127 cm³/mol. The largest absolute Gasteiger partial charge is 0.355 e. The van der Waals surface area contributed by atoms with Crippen LogP contribution < -0.4 is 5.32 Å². The third-order valence-electron chi connectivity index (χ3n) is 5.36. The Labute approximate surface area is 192 Å². The summed E-state index contributed by atoms with van der Waals surface area (Å²) < 4.78 is 0. The normalized spacial score (nSPS) is 13.1. The summed E-state index contributed by atoms with van der Waals surface area (Å²) in [5.41, 5.74) is 2.71. The van der Waals surface area contributed by atoms with Crippen LogP contribution in [0, 0.1) is 0 Å². The molecule has 6 nitrogen and oxygen atoms in total. The van der Waals surface area contributed by atoms with Gasteiger partial charge < -0.3 is 10.2 Å². The Hall–Kier alpha value is -3.51. The summed E-state index contributed by atoms with van der Waals surface area (Å²) in [7, 11) is 0. The fraction of sp³-hybridized carbons (Fsp3) is 0.200. The van der Waals surface area contributed by atoms with Gasteiger partial charge in [-0.2, -0.15) is 0 Å². The van der Waals surface area contributed by atoms with E-state index in [2.05, 4.69) is 27.1 Å². The van der Waals surface area contributed by atoms with Crippen molar-refractivity contribution in [1.29, 1.82) is 0 Å². The van der Waals surface area contributed by atoms with Crippen molar-refractivity contribution in [2.24, 2.45) is 4.99 Å². The summed E-state index contributed by atoms with van der Waals surface area (Å²) in [6.07, 6.45) is 1.59. The van der Waals surface area contributed by atoms with Crippen molar-refractivity contribution in [3.8, 4) is 0 Å². The second-order valence-electron chi connectivity index (χ2n) is 7.44. The molecule has 0 fully saturated rings. The van der Waals surface area contributed by atoms with E-state index in [1.165, 1.54) is 6.20 Å². The molecule has 4 rings (SSSR count). The van der Waals surface area contributed by atoms with Crippen LogP contribution in [0.4, 0.5) is 5.82 Å². The summed E-state index contributed by atoms with van der Waals surface area (Å²) in [5, 5.41) is 3.24. The number of aliphatic imine (C=N–C) groups is 1. The van der Waals surface area contributed by atoms with E-state index in [0.717, 1.165) is 31.0 Å². The van der Waals surface area contributed by atoms with Crippen molar-refractivity contribution in [3.05, 3.63) is 94.1 Å². The molecule has 3 aromatic rings. The molecular formula is C25H23ClN4O2. The highest BCUT2D eigenvalue weighted by molar-refractivity contribution is 6.30. The van der Waals surface area contributed by atoms with Crippen LogP contribution in [0.25, 0.3) is 0 Å². The number of hydrogen-bond acceptors (Lipinski definition) is 5. The molecule has 1 amide bonds. The molecule has 0 unspecified atom stereocenters. The highest BCUT2D eigenvalue weighted by Gasteiger charge is 2.18. The number of carbonyl (C=O) groups is 2. The van der Waals surface area contributed by atoms with E-state index < -0.39 is 0 Å². The zero-order valence-corrected chi connectivity index (χ0v) is 18.5. The van der Waals surface area contributed by atoms with Gasteiger partial charge in [-0.3, -0.25) is 14.6 Å². The Bertz CT molecular complexity index is 1160. The molecular weight excluding hydrogens is 424 g/mol. The molecule has 1 aliphatic rings. The number of nitrogens with one attached hydrogen (secondary N) is 1. The highest BCUT2D eigenvalue weighted by atomic mass is 35.5. The number of Topliss-reactive ketones (excluding diaryl/α,β-unsaturated/α-hetero) is 1. The van der Waals surface area contributed by atoms with Crippen LogP contribution in [0.1, 0.15) is 38.8 Å². The lowest BCUT2D eigenvalue weighted by Crippen LogP contribution is -2.28. The molecule has 1 aromatic heterocycles. The lowest BCUT2D eigenvalue weighted by molar-refractivity contribution is 0.0992. The lowest BCUT2D eigenvalue weighted by atomic mass is 9.97. The van der Waals surface area contributed by atoms with E-state index in [1.54, 1.807) is 30.3 Å². The van der Waals surface area contributed by atoms with Crippen molar-refractivity contribution in [2.45, 2.75) is 13.3 Å². The van der Waals surface area contributed by atoms with Crippen LogP contribution in [0.5, 0.6) is 0 Å². The monoisotopic (exact) mass is 446 g/mol. The highest BCUT2D eigenvalue weighted by Crippen LogP contribution is 2.17. The fourth-order valence-corrected chi connectivity index (χ4v) is 3.79. The number of anilines is 1. The van der Waals surface area contributed by atoms with Gasteiger partial charge in [-0.05, 0) is 30.7 Å². The minimum Gasteiger partial charge on any atom is -0.355 e. The molecule has 0 aliphatic carbocycles. The van der Waals surface area contributed by atoms with E-state index in [9.17, 15) is 9.59 Å². The Morgan fingerprint density at radius 1 is 1.06 bits per heavy atom. The second-order valence-corrected chi connectivity index (χ2v) is 7.87. The number of carbonyl (C=O) groups excluding carboxylic acids is 2. The SMILES string of the molecule is CCN1CCN=C1c1ccc(C(=O)Cc2ccccc2C(=O)Nc2ccc(Cl)cn2)cc1. The van der Waals surface area contributed by atoms with Crippen LogP contribution in [0.3, 0.4) is 0 Å². The number of amidine groups is 1. The minimum absolute atomic E-state index is 0.0536. The number of likely N-dealkylation sites (N-methyl/N-ethyl adjacent to an activating group) is 1. The van der Waals surface area contributed by atoms with Crippen molar-refractivity contribution >= 4 is 34.9 Å². The van der Waals surface area contributed by atoms with Gasteiger partial charge in [0.25, 0.3) is 5.91 Å². The molecule has 0 bridgehead atoms. The zero-order chi connectivity index (χ0) is 22.5. The maximum absolute atomic E-state index is 12.9. The van der Waals surface area contributed by atoms with Gasteiger partial charge in [-0.1, -0.05) is 54.1 Å². The van der Waals surface area contributed by atoms with Gasteiger partial charge in [-0.25, -0.2) is 4.98 Å². The summed E-state index contributed by atoms with van der Waals surface area (Å²) in [6, 6.07) is 17.9. The molecule has 0 spiro atoms. The van der Waals surface area contributed by atoms with Crippen molar-refractivity contribution in [1.82, 2.24) is 9.88 Å². The van der Waals surface area contributed by atoms with Crippen molar-refractivity contribution in [2.75, 3.05) is 25.0 Å². The fourth-order valence-electron chi connectivity index (χ4n) is 3.67. The van der Waals surface area contributed by atoms with E-state index in [1.807, 2.05) is 30.3 Å². The number of ketones is 1. The molecule has 32 heavy (non-hydrogen) atoms. The van der Waals surface area contributed by atoms with E-state index in [4.69, 9.17) is 11.6 Å². The molecule has 1 N–H and O–H groups in total. The van der Waals surface area contributed by atoms with Gasteiger partial charge in [-0.15, -0.1) is 0 Å². The van der Waals surface area contributed by atoms with Crippen LogP contribution in [-0.2, 0) is 6.42 Å². The first-order valence-electron chi connectivity index (χ1n) is 10.5. The van der Waals surface area contributed by atoms with Crippen LogP contribution in [0.2, 0.25) is 5.02 Å². The first-order valence-corrected chi connectivity index (χ1v) is 10.9. The third-order valence-corrected chi connectivity index (χ3v) is 5.58. The minimum atomic E-state index is -0.322.